The van der Waals surface area contributed by atoms with E-state index in [1.165, 1.54) is 54.8 Å². The molecule has 3 aromatic carbocycles. The number of thiazole rings is 1. The molecule has 10 heteroatoms. The minimum Gasteiger partial charge on any atom is -0.497 e. The Labute approximate surface area is 197 Å². The molecule has 0 radical (unpaired) electrons. The third-order valence-corrected chi connectivity index (χ3v) is 5.66. The highest BCUT2D eigenvalue weighted by atomic mass is 32.1. The van der Waals surface area contributed by atoms with Crippen LogP contribution in [0.5, 0.6) is 5.75 Å². The molecule has 0 unspecified atom stereocenters. The number of nitrogens with zero attached hydrogens (tertiary/aromatic N) is 4. The zero-order chi connectivity index (χ0) is 24.1. The van der Waals surface area contributed by atoms with Crippen LogP contribution in [-0.2, 0) is 4.79 Å². The Hall–Kier alpha value is -4.44. The molecule has 0 saturated heterocycles. The Balaban J connectivity index is 1.66. The van der Waals surface area contributed by atoms with Crippen LogP contribution in [0.1, 0.15) is 11.1 Å². The number of carbonyl (C=O) groups is 1. The monoisotopic (exact) mass is 476 g/mol. The maximum absolute atomic E-state index is 13.6. The molecule has 0 N–H and O–H groups in total. The number of non-ortho nitro benzene ring substituents is 1. The Bertz CT molecular complexity index is 1420. The smallest absolute Gasteiger partial charge is 0.273 e. The van der Waals surface area contributed by atoms with Crippen molar-refractivity contribution in [1.29, 1.82) is 0 Å². The van der Waals surface area contributed by atoms with Gasteiger partial charge in [-0.1, -0.05) is 23.5 Å². The number of benzene rings is 3. The molecule has 8 nitrogen and oxygen atoms in total. The molecule has 0 aliphatic rings. The molecule has 0 spiro atoms. The van der Waals surface area contributed by atoms with Crippen LogP contribution >= 0.6 is 11.3 Å². The summed E-state index contributed by atoms with van der Waals surface area (Å²) in [5, 5.41) is 16.7. The third kappa shape index (κ3) is 5.30. The second-order valence-electron chi connectivity index (χ2n) is 6.96. The molecule has 0 saturated carbocycles. The van der Waals surface area contributed by atoms with Gasteiger partial charge in [0.15, 0.2) is 0 Å². The van der Waals surface area contributed by atoms with Gasteiger partial charge in [-0.25, -0.2) is 9.37 Å². The van der Waals surface area contributed by atoms with E-state index in [0.29, 0.717) is 27.1 Å². The second kappa shape index (κ2) is 10.0. The van der Waals surface area contributed by atoms with E-state index < -0.39 is 16.6 Å². The van der Waals surface area contributed by atoms with E-state index in [9.17, 15) is 19.3 Å². The molecule has 0 aliphatic carbocycles. The fraction of sp³-hybridized carbons (Fsp3) is 0.0417. The second-order valence-corrected chi connectivity index (χ2v) is 7.97. The normalized spacial score (nSPS) is 11.4. The first-order valence-electron chi connectivity index (χ1n) is 9.94. The van der Waals surface area contributed by atoms with E-state index >= 15 is 0 Å². The Morgan fingerprint density at radius 1 is 1.15 bits per heavy atom. The average Bonchev–Trinajstić information content (AvgIpc) is 3.26. The first-order chi connectivity index (χ1) is 16.4. The van der Waals surface area contributed by atoms with Crippen LogP contribution in [0.15, 0.2) is 77.9 Å². The van der Waals surface area contributed by atoms with Crippen LogP contribution in [-0.4, -0.2) is 29.1 Å². The Morgan fingerprint density at radius 3 is 2.68 bits per heavy atom. The molecule has 170 valence electrons. The van der Waals surface area contributed by atoms with Crippen molar-refractivity contribution >= 4 is 50.6 Å². The summed E-state index contributed by atoms with van der Waals surface area (Å²) >= 11 is 1.11. The van der Waals surface area contributed by atoms with Gasteiger partial charge in [0.1, 0.15) is 11.6 Å². The number of hydrogen-bond acceptors (Lipinski definition) is 7. The van der Waals surface area contributed by atoms with E-state index in [4.69, 9.17) is 4.74 Å². The van der Waals surface area contributed by atoms with Crippen molar-refractivity contribution in [2.24, 2.45) is 5.10 Å². The number of nitro benzene ring substituents is 1. The summed E-state index contributed by atoms with van der Waals surface area (Å²) in [7, 11) is 1.56. The van der Waals surface area contributed by atoms with Crippen molar-refractivity contribution < 1.29 is 18.8 Å². The number of ether oxygens (including phenoxy) is 1. The number of aromatic nitrogens is 1. The number of anilines is 1. The zero-order valence-electron chi connectivity index (χ0n) is 17.8. The number of nitro groups is 1. The van der Waals surface area contributed by atoms with E-state index in [0.717, 1.165) is 16.3 Å². The van der Waals surface area contributed by atoms with Gasteiger partial charge in [0.25, 0.3) is 11.6 Å². The number of amides is 1. The van der Waals surface area contributed by atoms with E-state index in [2.05, 4.69) is 10.1 Å². The lowest BCUT2D eigenvalue weighted by atomic mass is 10.2. The van der Waals surface area contributed by atoms with Crippen LogP contribution in [0.3, 0.4) is 0 Å². The first kappa shape index (κ1) is 22.7. The summed E-state index contributed by atoms with van der Waals surface area (Å²) in [6, 6.07) is 17.1. The molecule has 4 rings (SSSR count). The van der Waals surface area contributed by atoms with Gasteiger partial charge in [0.2, 0.25) is 5.13 Å². The molecule has 1 aromatic heterocycles. The van der Waals surface area contributed by atoms with Crippen LogP contribution < -0.4 is 9.75 Å². The average molecular weight is 476 g/mol. The van der Waals surface area contributed by atoms with Crippen LogP contribution in [0.2, 0.25) is 0 Å². The van der Waals surface area contributed by atoms with Crippen molar-refractivity contribution in [2.75, 3.05) is 12.1 Å². The highest BCUT2D eigenvalue weighted by Gasteiger charge is 2.18. The first-order valence-corrected chi connectivity index (χ1v) is 10.8. The number of hydrogen-bond donors (Lipinski definition) is 0. The third-order valence-electron chi connectivity index (χ3n) is 4.67. The topological polar surface area (TPSA) is 97.9 Å². The Kier molecular flexibility index (Phi) is 6.69. The molecule has 1 heterocycles. The summed E-state index contributed by atoms with van der Waals surface area (Å²) < 4.78 is 19.3. The lowest BCUT2D eigenvalue weighted by Gasteiger charge is -2.11. The molecular weight excluding hydrogens is 459 g/mol. The summed E-state index contributed by atoms with van der Waals surface area (Å²) in [5.41, 5.74) is 1.64. The van der Waals surface area contributed by atoms with Gasteiger partial charge in [0, 0.05) is 18.2 Å². The van der Waals surface area contributed by atoms with Crippen molar-refractivity contribution in [3.8, 4) is 5.75 Å². The van der Waals surface area contributed by atoms with Crippen molar-refractivity contribution in [3.63, 3.8) is 0 Å². The number of methoxy groups -OCH3 is 1. The molecule has 1 amide bonds. The molecule has 0 fully saturated rings. The van der Waals surface area contributed by atoms with Gasteiger partial charge in [0.05, 0.1) is 28.5 Å². The van der Waals surface area contributed by atoms with Crippen LogP contribution in [0.4, 0.5) is 15.2 Å². The molecule has 0 aliphatic heterocycles. The van der Waals surface area contributed by atoms with Crippen LogP contribution in [0.25, 0.3) is 16.3 Å². The Morgan fingerprint density at radius 2 is 1.94 bits per heavy atom. The van der Waals surface area contributed by atoms with E-state index in [1.807, 2.05) is 0 Å². The van der Waals surface area contributed by atoms with Gasteiger partial charge in [-0.2, -0.15) is 10.1 Å². The maximum Gasteiger partial charge on any atom is 0.273 e. The van der Waals surface area contributed by atoms with Gasteiger partial charge in [-0.05, 0) is 59.7 Å². The number of halogens is 1. The van der Waals surface area contributed by atoms with Gasteiger partial charge < -0.3 is 4.74 Å². The highest BCUT2D eigenvalue weighted by Crippen LogP contribution is 2.30. The predicted octanol–water partition coefficient (Wildman–Crippen LogP) is 5.43. The SMILES string of the molecule is COc1ccc(/C=N/N(C(=O)/C=C/c2cccc([N+](=O)[O-])c2)c2nc3ccc(F)cc3s2)cc1. The lowest BCUT2D eigenvalue weighted by molar-refractivity contribution is -0.384. The highest BCUT2D eigenvalue weighted by molar-refractivity contribution is 7.22. The predicted molar refractivity (Wildman–Crippen MR) is 130 cm³/mol. The van der Waals surface area contributed by atoms with Gasteiger partial charge >= 0.3 is 0 Å². The minimum absolute atomic E-state index is 0.0859. The van der Waals surface area contributed by atoms with Crippen molar-refractivity contribution in [2.45, 2.75) is 0 Å². The summed E-state index contributed by atoms with van der Waals surface area (Å²) in [4.78, 5) is 28.0. The summed E-state index contributed by atoms with van der Waals surface area (Å²) in [5.74, 6) is -0.262. The quantitative estimate of drug-likeness (QED) is 0.153. The molecule has 34 heavy (non-hydrogen) atoms. The molecule has 4 aromatic rings. The minimum atomic E-state index is -0.532. The molecule has 0 atom stereocenters. The zero-order valence-corrected chi connectivity index (χ0v) is 18.6. The fourth-order valence-corrected chi connectivity index (χ4v) is 3.93. The van der Waals surface area contributed by atoms with E-state index in [1.54, 1.807) is 37.4 Å². The fourth-order valence-electron chi connectivity index (χ4n) is 2.97. The van der Waals surface area contributed by atoms with E-state index in [-0.39, 0.29) is 10.8 Å². The summed E-state index contributed by atoms with van der Waals surface area (Å²) in [6.45, 7) is 0. The molecule has 0 bridgehead atoms. The van der Waals surface area contributed by atoms with Crippen molar-refractivity contribution in [1.82, 2.24) is 4.98 Å². The molecular formula is C24H17FN4O4S. The number of hydrazone groups is 1. The number of fused-ring (bicyclic) bond motifs is 1. The number of carbonyl (C=O) groups excluding carboxylic acids is 1. The summed E-state index contributed by atoms with van der Waals surface area (Å²) in [6.07, 6.45) is 4.19. The standard InChI is InChI=1S/C24H17FN4O4S/c1-33-20-9-5-17(6-10-20)15-26-28(24-27-21-11-8-18(25)14-22(21)34-24)23(30)12-7-16-3-2-4-19(13-16)29(31)32/h2-15H,1H3/b12-7+,26-15+. The largest absolute Gasteiger partial charge is 0.497 e. The lowest BCUT2D eigenvalue weighted by Crippen LogP contribution is -2.23. The van der Waals surface area contributed by atoms with Crippen molar-refractivity contribution in [3.05, 3.63) is 99.9 Å². The maximum atomic E-state index is 13.6. The number of rotatable bonds is 7. The van der Waals surface area contributed by atoms with Gasteiger partial charge in [-0.15, -0.1) is 0 Å². The van der Waals surface area contributed by atoms with Crippen LogP contribution in [0, 0.1) is 15.9 Å². The van der Waals surface area contributed by atoms with Gasteiger partial charge in [-0.3, -0.25) is 14.9 Å².